The van der Waals surface area contributed by atoms with Crippen molar-refractivity contribution in [2.45, 2.75) is 25.9 Å². The molecule has 0 bridgehead atoms. The molecule has 100 valence electrons. The second-order valence-corrected chi connectivity index (χ2v) is 5.07. The maximum Gasteiger partial charge on any atom is 0.119 e. The van der Waals surface area contributed by atoms with Gasteiger partial charge in [0.25, 0.3) is 0 Å². The van der Waals surface area contributed by atoms with E-state index in [4.69, 9.17) is 9.47 Å². The Hall–Kier alpha value is -1.06. The molecule has 1 aromatic carbocycles. The molecular formula is C15H23NO2. The Kier molecular flexibility index (Phi) is 4.61. The summed E-state index contributed by atoms with van der Waals surface area (Å²) < 4.78 is 11.5. The zero-order chi connectivity index (χ0) is 12.8. The van der Waals surface area contributed by atoms with Gasteiger partial charge in [-0.1, -0.05) is 18.2 Å². The molecule has 2 atom stereocenters. The standard InChI is InChI=1S/C15H23NO2/c1-13-15(12-16-2,8-10-17-13)9-11-18-14-6-4-3-5-7-14/h3-7,13,16H,8-12H2,1-2H3. The number of hydrogen-bond donors (Lipinski definition) is 1. The van der Waals surface area contributed by atoms with Crippen LogP contribution in [0.3, 0.4) is 0 Å². The molecule has 0 aliphatic carbocycles. The van der Waals surface area contributed by atoms with Crippen molar-refractivity contribution in [2.24, 2.45) is 5.41 Å². The molecule has 1 N–H and O–H groups in total. The number of nitrogens with one attached hydrogen (secondary N) is 1. The van der Waals surface area contributed by atoms with Crippen molar-refractivity contribution in [3.63, 3.8) is 0 Å². The fourth-order valence-electron chi connectivity index (χ4n) is 2.71. The Bertz CT molecular complexity index is 355. The van der Waals surface area contributed by atoms with Crippen LogP contribution in [-0.4, -0.2) is 32.9 Å². The Balaban J connectivity index is 1.87. The van der Waals surface area contributed by atoms with Gasteiger partial charge in [0.2, 0.25) is 0 Å². The van der Waals surface area contributed by atoms with E-state index < -0.39 is 0 Å². The van der Waals surface area contributed by atoms with Crippen molar-refractivity contribution in [3.8, 4) is 5.75 Å². The third-order valence-electron chi connectivity index (χ3n) is 3.97. The highest BCUT2D eigenvalue weighted by molar-refractivity contribution is 5.20. The van der Waals surface area contributed by atoms with Gasteiger partial charge in [-0.3, -0.25) is 0 Å². The Morgan fingerprint density at radius 1 is 1.39 bits per heavy atom. The minimum absolute atomic E-state index is 0.226. The average molecular weight is 249 g/mol. The lowest BCUT2D eigenvalue weighted by atomic mass is 9.78. The molecule has 1 saturated heterocycles. The Labute approximate surface area is 109 Å². The first-order valence-corrected chi connectivity index (χ1v) is 6.71. The lowest BCUT2D eigenvalue weighted by molar-refractivity contribution is 0.0515. The van der Waals surface area contributed by atoms with E-state index >= 15 is 0 Å². The van der Waals surface area contributed by atoms with Gasteiger partial charge in [-0.2, -0.15) is 0 Å². The smallest absolute Gasteiger partial charge is 0.119 e. The summed E-state index contributed by atoms with van der Waals surface area (Å²) in [5, 5.41) is 3.29. The average Bonchev–Trinajstić information content (AvgIpc) is 2.73. The van der Waals surface area contributed by atoms with E-state index in [2.05, 4.69) is 12.2 Å². The highest BCUT2D eigenvalue weighted by Gasteiger charge is 2.40. The van der Waals surface area contributed by atoms with Gasteiger partial charge in [0.1, 0.15) is 5.75 Å². The predicted molar refractivity (Wildman–Crippen MR) is 72.9 cm³/mol. The first-order chi connectivity index (χ1) is 8.77. The normalized spacial score (nSPS) is 27.3. The summed E-state index contributed by atoms with van der Waals surface area (Å²) >= 11 is 0. The molecular weight excluding hydrogens is 226 g/mol. The summed E-state index contributed by atoms with van der Waals surface area (Å²) in [6.45, 7) is 4.78. The van der Waals surface area contributed by atoms with Gasteiger partial charge >= 0.3 is 0 Å². The molecule has 1 heterocycles. The predicted octanol–water partition coefficient (Wildman–Crippen LogP) is 2.47. The van der Waals surface area contributed by atoms with Crippen LogP contribution in [0.2, 0.25) is 0 Å². The molecule has 0 amide bonds. The SMILES string of the molecule is CNCC1(CCOc2ccccc2)CCOC1C. The van der Waals surface area contributed by atoms with E-state index in [1.54, 1.807) is 0 Å². The lowest BCUT2D eigenvalue weighted by Gasteiger charge is -2.32. The molecule has 18 heavy (non-hydrogen) atoms. The topological polar surface area (TPSA) is 30.5 Å². The zero-order valence-corrected chi connectivity index (χ0v) is 11.3. The van der Waals surface area contributed by atoms with Gasteiger partial charge in [0.15, 0.2) is 0 Å². The molecule has 1 aliphatic heterocycles. The highest BCUT2D eigenvalue weighted by atomic mass is 16.5. The number of para-hydroxylation sites is 1. The van der Waals surface area contributed by atoms with E-state index in [1.165, 1.54) is 0 Å². The molecule has 0 radical (unpaired) electrons. The third kappa shape index (κ3) is 3.03. The molecule has 3 nitrogen and oxygen atoms in total. The minimum atomic E-state index is 0.226. The van der Waals surface area contributed by atoms with Gasteiger partial charge in [0, 0.05) is 18.6 Å². The second-order valence-electron chi connectivity index (χ2n) is 5.07. The molecule has 0 aromatic heterocycles. The largest absolute Gasteiger partial charge is 0.494 e. The summed E-state index contributed by atoms with van der Waals surface area (Å²) in [4.78, 5) is 0. The van der Waals surface area contributed by atoms with E-state index in [-0.39, 0.29) is 5.41 Å². The summed E-state index contributed by atoms with van der Waals surface area (Å²) in [7, 11) is 2.00. The maximum absolute atomic E-state index is 5.80. The van der Waals surface area contributed by atoms with E-state index in [0.717, 1.165) is 38.3 Å². The zero-order valence-electron chi connectivity index (χ0n) is 11.3. The number of hydrogen-bond acceptors (Lipinski definition) is 3. The Morgan fingerprint density at radius 2 is 2.17 bits per heavy atom. The molecule has 2 rings (SSSR count). The summed E-state index contributed by atoms with van der Waals surface area (Å²) in [6, 6.07) is 10.0. The number of benzene rings is 1. The van der Waals surface area contributed by atoms with Crippen molar-refractivity contribution < 1.29 is 9.47 Å². The molecule has 0 saturated carbocycles. The van der Waals surface area contributed by atoms with E-state index in [9.17, 15) is 0 Å². The van der Waals surface area contributed by atoms with E-state index in [1.807, 2.05) is 37.4 Å². The fraction of sp³-hybridized carbons (Fsp3) is 0.600. The quantitative estimate of drug-likeness (QED) is 0.840. The highest BCUT2D eigenvalue weighted by Crippen LogP contribution is 2.37. The van der Waals surface area contributed by atoms with Gasteiger partial charge in [-0.05, 0) is 38.9 Å². The molecule has 0 spiro atoms. The van der Waals surface area contributed by atoms with Gasteiger partial charge in [-0.15, -0.1) is 0 Å². The van der Waals surface area contributed by atoms with Crippen LogP contribution in [0, 0.1) is 5.41 Å². The molecule has 1 fully saturated rings. The molecule has 1 aliphatic rings. The van der Waals surface area contributed by atoms with Gasteiger partial charge < -0.3 is 14.8 Å². The van der Waals surface area contributed by atoms with Gasteiger partial charge in [0.05, 0.1) is 12.7 Å². The second kappa shape index (κ2) is 6.21. The first-order valence-electron chi connectivity index (χ1n) is 6.71. The van der Waals surface area contributed by atoms with Crippen molar-refractivity contribution in [1.82, 2.24) is 5.32 Å². The molecule has 3 heteroatoms. The van der Waals surface area contributed by atoms with Crippen LogP contribution < -0.4 is 10.1 Å². The van der Waals surface area contributed by atoms with Crippen LogP contribution >= 0.6 is 0 Å². The summed E-state index contributed by atoms with van der Waals surface area (Å²) in [5.41, 5.74) is 0.226. The number of rotatable bonds is 6. The first kappa shape index (κ1) is 13.4. The van der Waals surface area contributed by atoms with E-state index in [0.29, 0.717) is 6.10 Å². The third-order valence-corrected chi connectivity index (χ3v) is 3.97. The maximum atomic E-state index is 5.80. The lowest BCUT2D eigenvalue weighted by Crippen LogP contribution is -2.39. The Morgan fingerprint density at radius 3 is 2.78 bits per heavy atom. The van der Waals surface area contributed by atoms with Crippen molar-refractivity contribution in [3.05, 3.63) is 30.3 Å². The number of ether oxygens (including phenoxy) is 2. The van der Waals surface area contributed by atoms with Crippen LogP contribution in [0.25, 0.3) is 0 Å². The van der Waals surface area contributed by atoms with Crippen LogP contribution in [0.1, 0.15) is 19.8 Å². The van der Waals surface area contributed by atoms with Crippen molar-refractivity contribution in [2.75, 3.05) is 26.8 Å². The van der Waals surface area contributed by atoms with Crippen LogP contribution in [-0.2, 0) is 4.74 Å². The van der Waals surface area contributed by atoms with Crippen molar-refractivity contribution >= 4 is 0 Å². The monoisotopic (exact) mass is 249 g/mol. The summed E-state index contributed by atoms with van der Waals surface area (Å²) in [5.74, 6) is 0.948. The molecule has 2 unspecified atom stereocenters. The van der Waals surface area contributed by atoms with Crippen LogP contribution in [0.4, 0.5) is 0 Å². The minimum Gasteiger partial charge on any atom is -0.494 e. The molecule has 1 aromatic rings. The summed E-state index contributed by atoms with van der Waals surface area (Å²) in [6.07, 6.45) is 2.46. The van der Waals surface area contributed by atoms with Crippen molar-refractivity contribution in [1.29, 1.82) is 0 Å². The van der Waals surface area contributed by atoms with Crippen LogP contribution in [0.5, 0.6) is 5.75 Å². The van der Waals surface area contributed by atoms with Gasteiger partial charge in [-0.25, -0.2) is 0 Å². The fourth-order valence-corrected chi connectivity index (χ4v) is 2.71. The van der Waals surface area contributed by atoms with Crippen LogP contribution in [0.15, 0.2) is 30.3 Å².